The van der Waals surface area contributed by atoms with Crippen LogP contribution >= 0.6 is 23.6 Å². The number of aromatic nitrogens is 1. The second-order valence-corrected chi connectivity index (χ2v) is 20.5. The smallest absolute Gasteiger partial charge is 0.417 e. The fourth-order valence-electron chi connectivity index (χ4n) is 8.28. The van der Waals surface area contributed by atoms with Crippen molar-refractivity contribution in [1.82, 2.24) is 25.8 Å². The van der Waals surface area contributed by atoms with E-state index in [1.165, 1.54) is 45.4 Å². The lowest BCUT2D eigenvalue weighted by Crippen LogP contribution is -2.57. The number of ketones is 2. The van der Waals surface area contributed by atoms with Crippen molar-refractivity contribution in [3.63, 3.8) is 0 Å². The van der Waals surface area contributed by atoms with Crippen LogP contribution in [0.25, 0.3) is 10.4 Å². The van der Waals surface area contributed by atoms with Crippen LogP contribution in [0.15, 0.2) is 72.2 Å². The fraction of sp³-hybridized carbons (Fsp3) is 0.412. The largest absolute Gasteiger partial charge is 0.486 e. The molecule has 6 rings (SSSR count). The summed E-state index contributed by atoms with van der Waals surface area (Å²) in [4.78, 5) is 101. The first-order valence-corrected chi connectivity index (χ1v) is 24.5. The fourth-order valence-corrected chi connectivity index (χ4v) is 9.61. The highest BCUT2D eigenvalue weighted by atomic mass is 32.1. The van der Waals surface area contributed by atoms with E-state index in [2.05, 4.69) is 20.9 Å². The molecule has 3 atom stereocenters. The second-order valence-electron chi connectivity index (χ2n) is 19.2. The zero-order chi connectivity index (χ0) is 53.6. The highest BCUT2D eigenvalue weighted by Crippen LogP contribution is 2.40. The third-order valence-corrected chi connectivity index (χ3v) is 13.6. The third kappa shape index (κ3) is 13.3. The Kier molecular flexibility index (Phi) is 17.2. The van der Waals surface area contributed by atoms with Crippen LogP contribution in [0.3, 0.4) is 0 Å². The summed E-state index contributed by atoms with van der Waals surface area (Å²) in [5.41, 5.74) is 0.814. The van der Waals surface area contributed by atoms with Gasteiger partial charge in [-0.3, -0.25) is 38.5 Å². The molecular formula is C51H55F3N8O9S2. The van der Waals surface area contributed by atoms with Crippen LogP contribution in [0.1, 0.15) is 89.1 Å². The number of rotatable bonds is 19. The average Bonchev–Trinajstić information content (AvgIpc) is 4.01. The Morgan fingerprint density at radius 1 is 0.932 bits per heavy atom. The van der Waals surface area contributed by atoms with E-state index in [-0.39, 0.29) is 61.7 Å². The van der Waals surface area contributed by atoms with Crippen LogP contribution in [-0.2, 0) is 46.3 Å². The predicted octanol–water partition coefficient (Wildman–Crippen LogP) is 5.93. The number of hydrogen-bond donors (Lipinski definition) is 4. The summed E-state index contributed by atoms with van der Waals surface area (Å²) in [5.74, 6) is -3.48. The molecular weight excluding hydrogens is 990 g/mol. The highest BCUT2D eigenvalue weighted by Gasteiger charge is 2.51. The molecule has 3 aromatic carbocycles. The molecule has 2 saturated heterocycles. The van der Waals surface area contributed by atoms with Crippen molar-refractivity contribution in [2.45, 2.75) is 110 Å². The van der Waals surface area contributed by atoms with Gasteiger partial charge in [0, 0.05) is 50.9 Å². The van der Waals surface area contributed by atoms with Crippen molar-refractivity contribution in [3.05, 3.63) is 94.6 Å². The third-order valence-electron chi connectivity index (χ3n) is 12.3. The molecule has 0 radical (unpaired) electrons. The number of β-amino-alcohol motifs (C(OH)–C–C–N with tert-alkyl or cyclic N) is 1. The van der Waals surface area contributed by atoms with E-state index in [1.54, 1.807) is 52.3 Å². The molecule has 22 heteroatoms. The van der Waals surface area contributed by atoms with Gasteiger partial charge in [-0.15, -0.1) is 11.3 Å². The van der Waals surface area contributed by atoms with Crippen molar-refractivity contribution >= 4 is 81.1 Å². The van der Waals surface area contributed by atoms with Gasteiger partial charge in [-0.05, 0) is 92.0 Å². The molecule has 5 amide bonds. The van der Waals surface area contributed by atoms with Crippen LogP contribution in [-0.4, -0.2) is 105 Å². The highest BCUT2D eigenvalue weighted by molar-refractivity contribution is 7.81. The Morgan fingerprint density at radius 2 is 1.58 bits per heavy atom. The molecule has 4 aromatic rings. The lowest BCUT2D eigenvalue weighted by molar-refractivity contribution is -0.144. The van der Waals surface area contributed by atoms with Gasteiger partial charge < -0.3 is 35.6 Å². The minimum atomic E-state index is -4.85. The number of amides is 5. The maximum absolute atomic E-state index is 14.0. The van der Waals surface area contributed by atoms with E-state index in [0.717, 1.165) is 32.7 Å². The number of nitriles is 1. The van der Waals surface area contributed by atoms with E-state index in [0.29, 0.717) is 11.8 Å². The maximum Gasteiger partial charge on any atom is 0.417 e. The monoisotopic (exact) mass is 1040 g/mol. The van der Waals surface area contributed by atoms with Crippen LogP contribution in [0.5, 0.6) is 5.75 Å². The average molecular weight is 1050 g/mol. The first-order chi connectivity index (χ1) is 34.3. The number of alkyl halides is 3. The molecule has 386 valence electrons. The predicted molar refractivity (Wildman–Crippen MR) is 268 cm³/mol. The van der Waals surface area contributed by atoms with Gasteiger partial charge in [0.15, 0.2) is 16.7 Å². The molecule has 2 aliphatic rings. The number of aliphatic hydroxyl groups excluding tert-OH is 1. The second kappa shape index (κ2) is 22.8. The summed E-state index contributed by atoms with van der Waals surface area (Å²) >= 11 is 7.11. The number of aryl methyl sites for hydroxylation is 1. The van der Waals surface area contributed by atoms with Gasteiger partial charge in [0.25, 0.3) is 5.91 Å². The lowest BCUT2D eigenvalue weighted by Gasteiger charge is -2.35. The van der Waals surface area contributed by atoms with Crippen molar-refractivity contribution in [2.24, 2.45) is 5.41 Å². The Hall–Kier alpha value is -7.09. The topological polar surface area (TPSA) is 231 Å². The zero-order valence-electron chi connectivity index (χ0n) is 40.9. The zero-order valence-corrected chi connectivity index (χ0v) is 42.6. The molecule has 2 fully saturated rings. The number of Topliss-reactive ketones (excluding diaryl/α,β-unsaturated/α-hetero) is 2. The minimum Gasteiger partial charge on any atom is -0.486 e. The summed E-state index contributed by atoms with van der Waals surface area (Å²) in [7, 11) is 0. The van der Waals surface area contributed by atoms with E-state index in [9.17, 15) is 57.1 Å². The number of carbonyl (C=O) groups excluding carboxylic acids is 7. The molecule has 1 aromatic heterocycles. The van der Waals surface area contributed by atoms with Crippen molar-refractivity contribution in [3.8, 4) is 22.3 Å². The quantitative estimate of drug-likeness (QED) is 0.0800. The van der Waals surface area contributed by atoms with E-state index >= 15 is 0 Å². The molecule has 2 aliphatic heterocycles. The van der Waals surface area contributed by atoms with Crippen LogP contribution in [0, 0.1) is 23.7 Å². The van der Waals surface area contributed by atoms with Gasteiger partial charge >= 0.3 is 6.18 Å². The molecule has 0 spiro atoms. The molecule has 17 nitrogen and oxygen atoms in total. The number of anilines is 2. The number of likely N-dealkylation sites (tertiary alicyclic amines) is 1. The van der Waals surface area contributed by atoms with Crippen molar-refractivity contribution in [2.75, 3.05) is 29.5 Å². The molecule has 0 bridgehead atoms. The minimum absolute atomic E-state index is 0.0132. The Balaban J connectivity index is 0.915. The van der Waals surface area contributed by atoms with Gasteiger partial charge in [-0.1, -0.05) is 45.0 Å². The number of carbonyl (C=O) groups is 7. The first-order valence-electron chi connectivity index (χ1n) is 23.2. The van der Waals surface area contributed by atoms with Crippen molar-refractivity contribution < 1.29 is 56.6 Å². The molecule has 73 heavy (non-hydrogen) atoms. The van der Waals surface area contributed by atoms with E-state index < -0.39 is 101 Å². The summed E-state index contributed by atoms with van der Waals surface area (Å²) < 4.78 is 46.7. The first kappa shape index (κ1) is 55.2. The van der Waals surface area contributed by atoms with Gasteiger partial charge in [-0.25, -0.2) is 4.98 Å². The normalized spacial score (nSPS) is 17.0. The van der Waals surface area contributed by atoms with Crippen molar-refractivity contribution in [1.29, 1.82) is 5.26 Å². The lowest BCUT2D eigenvalue weighted by atomic mass is 9.85. The number of aliphatic hydroxyl groups is 1. The van der Waals surface area contributed by atoms with Crippen LogP contribution in [0.4, 0.5) is 24.5 Å². The number of ether oxygens (including phenoxy) is 1. The molecule has 3 heterocycles. The maximum atomic E-state index is 14.0. The van der Waals surface area contributed by atoms with Gasteiger partial charge in [0.05, 0.1) is 51.6 Å². The summed E-state index contributed by atoms with van der Waals surface area (Å²) in [5, 5.41) is 27.7. The Morgan fingerprint density at radius 3 is 2.19 bits per heavy atom. The van der Waals surface area contributed by atoms with Crippen LogP contribution in [0.2, 0.25) is 0 Å². The van der Waals surface area contributed by atoms with E-state index in [4.69, 9.17) is 17.0 Å². The number of thiocarbonyl (C=S) groups is 1. The van der Waals surface area contributed by atoms with E-state index in [1.807, 2.05) is 31.2 Å². The molecule has 1 unspecified atom stereocenters. The summed E-state index contributed by atoms with van der Waals surface area (Å²) in [6.07, 6.45) is -6.85. The number of hydrogen-bond acceptors (Lipinski definition) is 13. The van der Waals surface area contributed by atoms with Gasteiger partial charge in [-0.2, -0.15) is 18.4 Å². The number of nitrogens with one attached hydrogen (secondary N) is 3. The molecule has 0 saturated carbocycles. The Labute approximate surface area is 429 Å². The van der Waals surface area contributed by atoms with Gasteiger partial charge in [0.2, 0.25) is 23.6 Å². The summed E-state index contributed by atoms with van der Waals surface area (Å²) in [6, 6.07) is 16.1. The number of halogens is 3. The summed E-state index contributed by atoms with van der Waals surface area (Å²) in [6.45, 7) is 9.51. The molecule has 4 N–H and O–H groups in total. The van der Waals surface area contributed by atoms with Crippen LogP contribution < -0.4 is 30.5 Å². The Bertz CT molecular complexity index is 2820. The SMILES string of the molecule is Cc1ncsc1-c1ccc(CNC(=O)C2C[C@@H](O)CN2C(=O)[C@@H](NC(=O)CCC(=O)CNC(=O)CCC(=O)COc2ccc(N3C(=S)N(c4ccc(C#N)c(C(F)(F)F)c4)C(=O)C3(C)C)cc2)C(C)(C)C)cc1. The number of thiazole rings is 1. The standard InChI is InChI=1S/C51H55F3N8O9S2/c1-29-43(73-28-58-29)31-9-7-30(8-10-31)24-57-45(68)40-22-37(65)26-60(40)46(69)44(49(2,3)4)59-42(67)20-15-35(63)25-56-41(66)19-16-36(64)27-71-38-17-13-33(14-18-38)62-48(72)61(47(70)50(62,5)6)34-12-11-32(23-55)39(21-34)51(52,53)54/h7-14,17-18,21,28,37,40,44,65H,15-16,19-20,22,24-27H2,1-6H3,(H,56,66)(H,57,68)(H,59,67)/t37-,40?,44-/m1/s1. The van der Waals surface area contributed by atoms with Gasteiger partial charge in [0.1, 0.15) is 30.0 Å². The number of nitrogens with zero attached hydrogens (tertiary/aromatic N) is 5. The molecule has 0 aliphatic carbocycles. The number of benzene rings is 3.